The highest BCUT2D eigenvalue weighted by Gasteiger charge is 2.14. The molecule has 13 heavy (non-hydrogen) atoms. The first kappa shape index (κ1) is 9.80. The molecular weight excluding hydrogens is 188 g/mol. The number of rotatable bonds is 2. The van der Waals surface area contributed by atoms with Crippen molar-refractivity contribution in [3.63, 3.8) is 0 Å². The minimum Gasteiger partial charge on any atom is -0.508 e. The molecule has 0 aliphatic carbocycles. The summed E-state index contributed by atoms with van der Waals surface area (Å²) in [5.74, 6) is 0.0423. The number of phenolic OH excluding ortho intramolecular Hbond substituents is 1. The van der Waals surface area contributed by atoms with Gasteiger partial charge in [-0.25, -0.2) is 8.42 Å². The number of benzene rings is 1. The Hall–Kier alpha value is -1.29. The van der Waals surface area contributed by atoms with Gasteiger partial charge in [-0.05, 0) is 31.2 Å². The monoisotopic (exact) mass is 198 g/mol. The summed E-state index contributed by atoms with van der Waals surface area (Å²) in [5.41, 5.74) is 0. The van der Waals surface area contributed by atoms with Gasteiger partial charge in [0, 0.05) is 4.91 Å². The highest BCUT2D eigenvalue weighted by atomic mass is 32.2. The van der Waals surface area contributed by atoms with Crippen LogP contribution in [0, 0.1) is 0 Å². The number of phenols is 1. The standard InChI is InChI=1S/C9H10O3S/c1-7(2)13(11,12)9-5-3-8(10)4-6-9/h3-6,10H,1H2,2H3. The second kappa shape index (κ2) is 3.22. The molecule has 0 bridgehead atoms. The number of hydrogen-bond donors (Lipinski definition) is 1. The van der Waals surface area contributed by atoms with Crippen molar-refractivity contribution < 1.29 is 13.5 Å². The third-order valence-electron chi connectivity index (χ3n) is 1.61. The zero-order chi connectivity index (χ0) is 10.1. The number of hydrogen-bond acceptors (Lipinski definition) is 3. The van der Waals surface area contributed by atoms with Crippen LogP contribution in [0.15, 0.2) is 40.6 Å². The Kier molecular flexibility index (Phi) is 2.43. The van der Waals surface area contributed by atoms with Gasteiger partial charge in [0.1, 0.15) is 5.75 Å². The van der Waals surface area contributed by atoms with Gasteiger partial charge < -0.3 is 5.11 Å². The van der Waals surface area contributed by atoms with Gasteiger partial charge in [0.15, 0.2) is 0 Å². The van der Waals surface area contributed by atoms with Crippen LogP contribution in [0.1, 0.15) is 6.92 Å². The molecule has 0 aromatic heterocycles. The van der Waals surface area contributed by atoms with E-state index in [1.807, 2.05) is 0 Å². The van der Waals surface area contributed by atoms with Crippen LogP contribution in [-0.2, 0) is 9.84 Å². The first-order valence-electron chi connectivity index (χ1n) is 3.64. The molecule has 70 valence electrons. The molecule has 1 aromatic carbocycles. The normalized spacial score (nSPS) is 11.2. The summed E-state index contributed by atoms with van der Waals surface area (Å²) < 4.78 is 22.9. The van der Waals surface area contributed by atoms with E-state index in [-0.39, 0.29) is 15.6 Å². The van der Waals surface area contributed by atoms with Crippen LogP contribution in [0.3, 0.4) is 0 Å². The van der Waals surface area contributed by atoms with Gasteiger partial charge in [-0.15, -0.1) is 0 Å². The van der Waals surface area contributed by atoms with Crippen LogP contribution in [0.2, 0.25) is 0 Å². The van der Waals surface area contributed by atoms with Crippen molar-refractivity contribution in [3.8, 4) is 5.75 Å². The average molecular weight is 198 g/mol. The van der Waals surface area contributed by atoms with E-state index in [1.165, 1.54) is 31.2 Å². The van der Waals surface area contributed by atoms with Gasteiger partial charge in [0.25, 0.3) is 0 Å². The molecule has 0 fully saturated rings. The highest BCUT2D eigenvalue weighted by molar-refractivity contribution is 7.95. The van der Waals surface area contributed by atoms with Crippen molar-refractivity contribution >= 4 is 9.84 Å². The fourth-order valence-corrected chi connectivity index (χ4v) is 1.72. The molecule has 0 atom stereocenters. The van der Waals surface area contributed by atoms with Gasteiger partial charge in [0.05, 0.1) is 4.90 Å². The Morgan fingerprint density at radius 3 is 2.15 bits per heavy atom. The smallest absolute Gasteiger partial charge is 0.201 e. The van der Waals surface area contributed by atoms with E-state index in [1.54, 1.807) is 0 Å². The lowest BCUT2D eigenvalue weighted by Crippen LogP contribution is -2.00. The van der Waals surface area contributed by atoms with Gasteiger partial charge in [0.2, 0.25) is 9.84 Å². The molecule has 0 amide bonds. The molecule has 0 spiro atoms. The largest absolute Gasteiger partial charge is 0.508 e. The Labute approximate surface area is 77.3 Å². The lowest BCUT2D eigenvalue weighted by atomic mass is 10.3. The first-order valence-corrected chi connectivity index (χ1v) is 5.12. The zero-order valence-electron chi connectivity index (χ0n) is 7.19. The molecule has 0 saturated carbocycles. The van der Waals surface area contributed by atoms with Crippen LogP contribution >= 0.6 is 0 Å². The molecule has 0 unspecified atom stereocenters. The van der Waals surface area contributed by atoms with Crippen molar-refractivity contribution in [2.75, 3.05) is 0 Å². The van der Waals surface area contributed by atoms with E-state index in [9.17, 15) is 8.42 Å². The molecule has 0 aliphatic heterocycles. The zero-order valence-corrected chi connectivity index (χ0v) is 8.00. The van der Waals surface area contributed by atoms with Crippen LogP contribution in [-0.4, -0.2) is 13.5 Å². The van der Waals surface area contributed by atoms with E-state index >= 15 is 0 Å². The molecule has 0 aliphatic rings. The summed E-state index contributed by atoms with van der Waals surface area (Å²) in [5, 5.41) is 8.94. The predicted molar refractivity (Wildman–Crippen MR) is 50.1 cm³/mol. The Morgan fingerprint density at radius 2 is 1.77 bits per heavy atom. The number of sulfone groups is 1. The van der Waals surface area contributed by atoms with Crippen LogP contribution in [0.25, 0.3) is 0 Å². The predicted octanol–water partition coefficient (Wildman–Crippen LogP) is 1.70. The summed E-state index contributed by atoms with van der Waals surface area (Å²) in [6.07, 6.45) is 0. The average Bonchev–Trinajstić information content (AvgIpc) is 2.04. The van der Waals surface area contributed by atoms with E-state index in [0.29, 0.717) is 0 Å². The minimum atomic E-state index is -3.40. The molecule has 0 radical (unpaired) electrons. The fraction of sp³-hybridized carbons (Fsp3) is 0.111. The molecule has 3 nitrogen and oxygen atoms in total. The summed E-state index contributed by atoms with van der Waals surface area (Å²) in [4.78, 5) is 0.246. The van der Waals surface area contributed by atoms with Crippen molar-refractivity contribution in [2.45, 2.75) is 11.8 Å². The lowest BCUT2D eigenvalue weighted by molar-refractivity contribution is 0.475. The molecule has 0 heterocycles. The number of allylic oxidation sites excluding steroid dienone is 1. The van der Waals surface area contributed by atoms with E-state index in [2.05, 4.69) is 6.58 Å². The van der Waals surface area contributed by atoms with Gasteiger partial charge in [-0.1, -0.05) is 6.58 Å². The molecular formula is C9H10O3S. The maximum Gasteiger partial charge on any atom is 0.201 e. The Balaban J connectivity index is 3.25. The minimum absolute atomic E-state index is 0.0423. The second-order valence-corrected chi connectivity index (χ2v) is 4.87. The van der Waals surface area contributed by atoms with Crippen molar-refractivity contribution in [1.29, 1.82) is 0 Å². The van der Waals surface area contributed by atoms with Gasteiger partial charge in [-0.3, -0.25) is 0 Å². The van der Waals surface area contributed by atoms with Crippen LogP contribution in [0.4, 0.5) is 0 Å². The SMILES string of the molecule is C=C(C)S(=O)(=O)c1ccc(O)cc1. The van der Waals surface area contributed by atoms with Gasteiger partial charge >= 0.3 is 0 Å². The second-order valence-electron chi connectivity index (χ2n) is 2.70. The van der Waals surface area contributed by atoms with Gasteiger partial charge in [-0.2, -0.15) is 0 Å². The fourth-order valence-electron chi connectivity index (χ4n) is 0.826. The molecule has 1 rings (SSSR count). The molecule has 4 heteroatoms. The van der Waals surface area contributed by atoms with E-state index in [0.717, 1.165) is 0 Å². The first-order chi connectivity index (χ1) is 5.94. The topological polar surface area (TPSA) is 54.4 Å². The van der Waals surface area contributed by atoms with Crippen LogP contribution in [0.5, 0.6) is 5.75 Å². The van der Waals surface area contributed by atoms with E-state index < -0.39 is 9.84 Å². The molecule has 1 aromatic rings. The quantitative estimate of drug-likeness (QED) is 0.786. The van der Waals surface area contributed by atoms with Crippen molar-refractivity contribution in [2.24, 2.45) is 0 Å². The number of aromatic hydroxyl groups is 1. The summed E-state index contributed by atoms with van der Waals surface area (Å²) in [6.45, 7) is 4.81. The van der Waals surface area contributed by atoms with Crippen LogP contribution < -0.4 is 0 Å². The third-order valence-corrected chi connectivity index (χ3v) is 3.42. The lowest BCUT2D eigenvalue weighted by Gasteiger charge is -2.02. The molecule has 1 N–H and O–H groups in total. The van der Waals surface area contributed by atoms with Crippen molar-refractivity contribution in [3.05, 3.63) is 35.7 Å². The van der Waals surface area contributed by atoms with Crippen molar-refractivity contribution in [1.82, 2.24) is 0 Å². The Morgan fingerprint density at radius 1 is 1.31 bits per heavy atom. The third kappa shape index (κ3) is 1.89. The van der Waals surface area contributed by atoms with E-state index in [4.69, 9.17) is 5.11 Å². The summed E-state index contributed by atoms with van der Waals surface area (Å²) in [7, 11) is -3.40. The summed E-state index contributed by atoms with van der Waals surface area (Å²) in [6, 6.07) is 5.35. The maximum atomic E-state index is 11.5. The highest BCUT2D eigenvalue weighted by Crippen LogP contribution is 2.19. The maximum absolute atomic E-state index is 11.5. The molecule has 0 saturated heterocycles. The summed E-state index contributed by atoms with van der Waals surface area (Å²) >= 11 is 0. The Bertz CT molecular complexity index is 415.